The van der Waals surface area contributed by atoms with E-state index < -0.39 is 0 Å². The number of halogens is 1. The summed E-state index contributed by atoms with van der Waals surface area (Å²) in [4.78, 5) is 4.77. The van der Waals surface area contributed by atoms with Crippen molar-refractivity contribution in [1.82, 2.24) is 14.6 Å². The highest BCUT2D eigenvalue weighted by molar-refractivity contribution is 6.31. The van der Waals surface area contributed by atoms with Crippen LogP contribution >= 0.6 is 11.6 Å². The van der Waals surface area contributed by atoms with Crippen LogP contribution in [0.15, 0.2) is 54.6 Å². The Kier molecular flexibility index (Phi) is 3.62. The van der Waals surface area contributed by atoms with Crippen molar-refractivity contribution >= 4 is 34.0 Å². The molecule has 1 atom stereocenters. The van der Waals surface area contributed by atoms with Gasteiger partial charge in [0.1, 0.15) is 5.82 Å². The quantitative estimate of drug-likeness (QED) is 0.571. The first kappa shape index (κ1) is 15.0. The number of nitrogens with one attached hydrogen (secondary N) is 1. The molecule has 0 saturated heterocycles. The Balaban J connectivity index is 1.85. The van der Waals surface area contributed by atoms with Gasteiger partial charge in [0, 0.05) is 16.5 Å². The van der Waals surface area contributed by atoms with Crippen molar-refractivity contribution in [2.75, 3.05) is 5.32 Å². The molecule has 0 aliphatic carbocycles. The van der Waals surface area contributed by atoms with Crippen LogP contribution in [0.4, 0.5) is 5.82 Å². The molecular formula is C19H17ClN4. The number of hydrogen-bond acceptors (Lipinski definition) is 3. The van der Waals surface area contributed by atoms with Crippen molar-refractivity contribution in [2.24, 2.45) is 0 Å². The molecule has 2 aromatic heterocycles. The Morgan fingerprint density at radius 2 is 1.83 bits per heavy atom. The number of hydrogen-bond donors (Lipinski definition) is 1. The molecule has 4 nitrogen and oxygen atoms in total. The van der Waals surface area contributed by atoms with Crippen LogP contribution in [0.25, 0.3) is 16.6 Å². The van der Waals surface area contributed by atoms with Gasteiger partial charge in [0.05, 0.1) is 17.3 Å². The average molecular weight is 337 g/mol. The Bertz CT molecular complexity index is 1040. The molecule has 0 spiro atoms. The van der Waals surface area contributed by atoms with E-state index in [1.165, 1.54) is 0 Å². The predicted octanol–water partition coefficient (Wildman–Crippen LogP) is 5.02. The zero-order chi connectivity index (χ0) is 16.7. The second-order valence-electron chi connectivity index (χ2n) is 5.92. The summed E-state index contributed by atoms with van der Waals surface area (Å²) in [6, 6.07) is 18.0. The molecule has 0 saturated carbocycles. The maximum atomic E-state index is 6.33. The average Bonchev–Trinajstić information content (AvgIpc) is 2.96. The van der Waals surface area contributed by atoms with Crippen LogP contribution < -0.4 is 5.32 Å². The fourth-order valence-electron chi connectivity index (χ4n) is 3.00. The van der Waals surface area contributed by atoms with E-state index in [9.17, 15) is 0 Å². The lowest BCUT2D eigenvalue weighted by molar-refractivity contribution is 0.874. The second-order valence-corrected chi connectivity index (χ2v) is 6.33. The van der Waals surface area contributed by atoms with E-state index in [-0.39, 0.29) is 6.04 Å². The summed E-state index contributed by atoms with van der Waals surface area (Å²) in [5, 5.41) is 9.83. The SMILES string of the molecule is Cc1cc2nc(NC(C)c3ccccc3Cl)c3ccccc3n2n1. The van der Waals surface area contributed by atoms with Crippen molar-refractivity contribution in [1.29, 1.82) is 0 Å². The first-order valence-electron chi connectivity index (χ1n) is 7.89. The van der Waals surface area contributed by atoms with Crippen LogP contribution in [0.2, 0.25) is 5.02 Å². The summed E-state index contributed by atoms with van der Waals surface area (Å²) >= 11 is 6.33. The summed E-state index contributed by atoms with van der Waals surface area (Å²) in [6.07, 6.45) is 0. The van der Waals surface area contributed by atoms with E-state index in [0.717, 1.165) is 38.6 Å². The maximum Gasteiger partial charge on any atom is 0.158 e. The topological polar surface area (TPSA) is 42.2 Å². The van der Waals surface area contributed by atoms with Gasteiger partial charge in [-0.3, -0.25) is 0 Å². The van der Waals surface area contributed by atoms with Gasteiger partial charge in [0.25, 0.3) is 0 Å². The first-order valence-corrected chi connectivity index (χ1v) is 8.27. The van der Waals surface area contributed by atoms with Crippen molar-refractivity contribution < 1.29 is 0 Å². The van der Waals surface area contributed by atoms with Crippen LogP contribution in [0, 0.1) is 6.92 Å². The number of rotatable bonds is 3. The smallest absolute Gasteiger partial charge is 0.158 e. The minimum absolute atomic E-state index is 0.0427. The lowest BCUT2D eigenvalue weighted by Gasteiger charge is -2.18. The molecule has 1 unspecified atom stereocenters. The second kappa shape index (κ2) is 5.80. The predicted molar refractivity (Wildman–Crippen MR) is 98.7 cm³/mol. The summed E-state index contributed by atoms with van der Waals surface area (Å²) < 4.78 is 1.88. The number of fused-ring (bicyclic) bond motifs is 3. The Morgan fingerprint density at radius 1 is 1.08 bits per heavy atom. The third kappa shape index (κ3) is 2.49. The van der Waals surface area contributed by atoms with Gasteiger partial charge in [0.2, 0.25) is 0 Å². The largest absolute Gasteiger partial charge is 0.363 e. The monoisotopic (exact) mass is 336 g/mol. The zero-order valence-corrected chi connectivity index (χ0v) is 14.2. The van der Waals surface area contributed by atoms with Crippen LogP contribution in [-0.2, 0) is 0 Å². The van der Waals surface area contributed by atoms with Gasteiger partial charge in [-0.1, -0.05) is 41.9 Å². The Morgan fingerprint density at radius 3 is 2.67 bits per heavy atom. The zero-order valence-electron chi connectivity index (χ0n) is 13.5. The van der Waals surface area contributed by atoms with E-state index in [0.29, 0.717) is 0 Å². The van der Waals surface area contributed by atoms with E-state index >= 15 is 0 Å². The third-order valence-electron chi connectivity index (χ3n) is 4.15. The molecule has 0 aliphatic rings. The van der Waals surface area contributed by atoms with E-state index in [2.05, 4.69) is 29.5 Å². The van der Waals surface area contributed by atoms with Crippen molar-refractivity contribution in [3.8, 4) is 0 Å². The normalized spacial score (nSPS) is 12.6. The number of anilines is 1. The lowest BCUT2D eigenvalue weighted by Crippen LogP contribution is -2.10. The molecule has 4 rings (SSSR count). The number of para-hydroxylation sites is 1. The Labute approximate surface area is 145 Å². The molecule has 0 amide bonds. The van der Waals surface area contributed by atoms with Crippen molar-refractivity contribution in [3.63, 3.8) is 0 Å². The summed E-state index contributed by atoms with van der Waals surface area (Å²) in [7, 11) is 0. The molecule has 2 heterocycles. The number of aryl methyl sites for hydroxylation is 1. The third-order valence-corrected chi connectivity index (χ3v) is 4.50. The van der Waals surface area contributed by atoms with Gasteiger partial charge in [0.15, 0.2) is 5.65 Å². The summed E-state index contributed by atoms with van der Waals surface area (Å²) in [5.41, 5.74) is 3.86. The molecule has 0 bridgehead atoms. The minimum Gasteiger partial charge on any atom is -0.363 e. The lowest BCUT2D eigenvalue weighted by atomic mass is 10.1. The molecule has 120 valence electrons. The molecular weight excluding hydrogens is 320 g/mol. The van der Waals surface area contributed by atoms with Crippen molar-refractivity contribution in [2.45, 2.75) is 19.9 Å². The fourth-order valence-corrected chi connectivity index (χ4v) is 3.29. The van der Waals surface area contributed by atoms with Crippen LogP contribution in [0.5, 0.6) is 0 Å². The van der Waals surface area contributed by atoms with Gasteiger partial charge in [-0.05, 0) is 37.6 Å². The standard InChI is InChI=1S/C19H17ClN4/c1-12-11-18-22-19(15-8-4-6-10-17(15)24(18)23-12)21-13(2)14-7-3-5-9-16(14)20/h3-11,13H,1-2H3,(H,21,22). The number of aromatic nitrogens is 3. The molecule has 24 heavy (non-hydrogen) atoms. The molecule has 2 aromatic carbocycles. The molecule has 4 aromatic rings. The summed E-state index contributed by atoms with van der Waals surface area (Å²) in [5.74, 6) is 0.838. The minimum atomic E-state index is 0.0427. The van der Waals surface area contributed by atoms with E-state index in [4.69, 9.17) is 16.6 Å². The fraction of sp³-hybridized carbons (Fsp3) is 0.158. The molecule has 1 N–H and O–H groups in total. The molecule has 5 heteroatoms. The van der Waals surface area contributed by atoms with Gasteiger partial charge in [-0.15, -0.1) is 0 Å². The highest BCUT2D eigenvalue weighted by atomic mass is 35.5. The maximum absolute atomic E-state index is 6.33. The highest BCUT2D eigenvalue weighted by Crippen LogP contribution is 2.29. The van der Waals surface area contributed by atoms with Gasteiger partial charge in [-0.2, -0.15) is 5.10 Å². The molecule has 0 radical (unpaired) electrons. The van der Waals surface area contributed by atoms with E-state index in [1.807, 2.05) is 53.9 Å². The van der Waals surface area contributed by atoms with Crippen LogP contribution in [0.1, 0.15) is 24.2 Å². The first-order chi connectivity index (χ1) is 11.6. The molecule has 0 aliphatic heterocycles. The van der Waals surface area contributed by atoms with Gasteiger partial charge < -0.3 is 5.32 Å². The van der Waals surface area contributed by atoms with Gasteiger partial charge >= 0.3 is 0 Å². The van der Waals surface area contributed by atoms with Crippen LogP contribution in [-0.4, -0.2) is 14.6 Å². The Hall–Kier alpha value is -2.59. The van der Waals surface area contributed by atoms with Crippen molar-refractivity contribution in [3.05, 3.63) is 70.9 Å². The summed E-state index contributed by atoms with van der Waals surface area (Å²) in [6.45, 7) is 4.06. The highest BCUT2D eigenvalue weighted by Gasteiger charge is 2.14. The number of benzene rings is 2. The molecule has 0 fully saturated rings. The van der Waals surface area contributed by atoms with Crippen LogP contribution in [0.3, 0.4) is 0 Å². The van der Waals surface area contributed by atoms with Gasteiger partial charge in [-0.25, -0.2) is 9.50 Å². The number of nitrogens with zero attached hydrogens (tertiary/aromatic N) is 3. The van der Waals surface area contributed by atoms with E-state index in [1.54, 1.807) is 0 Å².